The summed E-state index contributed by atoms with van der Waals surface area (Å²) in [5.74, 6) is 0.348. The summed E-state index contributed by atoms with van der Waals surface area (Å²) in [6, 6.07) is 17.1. The van der Waals surface area contributed by atoms with Gasteiger partial charge in [-0.05, 0) is 47.4 Å². The Morgan fingerprint density at radius 2 is 1.74 bits per heavy atom. The van der Waals surface area contributed by atoms with E-state index in [0.29, 0.717) is 17.9 Å². The Kier molecular flexibility index (Phi) is 5.50. The van der Waals surface area contributed by atoms with Crippen LogP contribution in [0.25, 0.3) is 0 Å². The van der Waals surface area contributed by atoms with E-state index in [9.17, 15) is 4.79 Å². The lowest BCUT2D eigenvalue weighted by Gasteiger charge is -2.19. The van der Waals surface area contributed by atoms with Gasteiger partial charge in [0.15, 0.2) is 0 Å². The van der Waals surface area contributed by atoms with E-state index in [1.807, 2.05) is 48.5 Å². The van der Waals surface area contributed by atoms with Gasteiger partial charge in [0.05, 0.1) is 24.1 Å². The number of anilines is 2. The molecule has 138 valence electrons. The molecule has 0 unspecified atom stereocenters. The maximum Gasteiger partial charge on any atom is 0.256 e. The van der Waals surface area contributed by atoms with Crippen molar-refractivity contribution >= 4 is 17.4 Å². The summed E-state index contributed by atoms with van der Waals surface area (Å²) in [4.78, 5) is 21.0. The highest BCUT2D eigenvalue weighted by atomic mass is 16.1. The molecule has 0 radical (unpaired) electrons. The number of hydrogen-bond acceptors (Lipinski definition) is 4. The molecule has 0 atom stereocenters. The van der Waals surface area contributed by atoms with Crippen LogP contribution >= 0.6 is 0 Å². The molecule has 3 aromatic rings. The largest absolute Gasteiger partial charge is 0.378 e. The van der Waals surface area contributed by atoms with Crippen LogP contribution in [0, 0.1) is 0 Å². The molecule has 3 rings (SSSR count). The molecule has 0 spiro atoms. The van der Waals surface area contributed by atoms with Crippen molar-refractivity contribution < 1.29 is 4.79 Å². The fraction of sp³-hybridized carbons (Fsp3) is 0.227. The number of amides is 1. The maximum absolute atomic E-state index is 12.4. The SMILES string of the molecule is CC(C)(C)c1ccc(C(=O)Nc2ccc(NCc3ccccn3)cn2)cc1. The number of aromatic nitrogens is 2. The lowest BCUT2D eigenvalue weighted by atomic mass is 9.87. The Bertz CT molecular complexity index is 882. The molecule has 1 aromatic carbocycles. The minimum absolute atomic E-state index is 0.0641. The van der Waals surface area contributed by atoms with Crippen molar-refractivity contribution in [2.24, 2.45) is 0 Å². The Balaban J connectivity index is 1.58. The van der Waals surface area contributed by atoms with Crippen LogP contribution in [0.5, 0.6) is 0 Å². The van der Waals surface area contributed by atoms with Crippen LogP contribution in [0.3, 0.4) is 0 Å². The summed E-state index contributed by atoms with van der Waals surface area (Å²) in [5, 5.41) is 6.08. The van der Waals surface area contributed by atoms with E-state index in [0.717, 1.165) is 11.4 Å². The molecule has 2 aromatic heterocycles. The monoisotopic (exact) mass is 360 g/mol. The average molecular weight is 360 g/mol. The molecule has 0 bridgehead atoms. The first-order valence-electron chi connectivity index (χ1n) is 8.93. The lowest BCUT2D eigenvalue weighted by Crippen LogP contribution is -2.15. The number of nitrogens with zero attached hydrogens (tertiary/aromatic N) is 2. The molecule has 2 heterocycles. The van der Waals surface area contributed by atoms with Crippen molar-refractivity contribution in [3.05, 3.63) is 83.8 Å². The third kappa shape index (κ3) is 5.14. The Hall–Kier alpha value is -3.21. The fourth-order valence-electron chi connectivity index (χ4n) is 2.58. The van der Waals surface area contributed by atoms with Crippen LogP contribution in [-0.2, 0) is 12.0 Å². The number of pyridine rings is 2. The zero-order valence-corrected chi connectivity index (χ0v) is 15.9. The average Bonchev–Trinajstić information content (AvgIpc) is 2.68. The molecule has 0 aliphatic heterocycles. The molecule has 5 nitrogen and oxygen atoms in total. The van der Waals surface area contributed by atoms with Gasteiger partial charge in [0.2, 0.25) is 0 Å². The highest BCUT2D eigenvalue weighted by Crippen LogP contribution is 2.22. The normalized spacial score (nSPS) is 11.1. The molecule has 27 heavy (non-hydrogen) atoms. The lowest BCUT2D eigenvalue weighted by molar-refractivity contribution is 0.102. The number of benzene rings is 1. The van der Waals surface area contributed by atoms with E-state index in [-0.39, 0.29) is 11.3 Å². The van der Waals surface area contributed by atoms with Gasteiger partial charge in [0, 0.05) is 11.8 Å². The van der Waals surface area contributed by atoms with Crippen LogP contribution in [-0.4, -0.2) is 15.9 Å². The van der Waals surface area contributed by atoms with Crippen LogP contribution in [0.4, 0.5) is 11.5 Å². The number of carbonyl (C=O) groups excluding carboxylic acids is 1. The molecule has 1 amide bonds. The number of nitrogens with one attached hydrogen (secondary N) is 2. The highest BCUT2D eigenvalue weighted by Gasteiger charge is 2.14. The molecule has 2 N–H and O–H groups in total. The summed E-state index contributed by atoms with van der Waals surface area (Å²) >= 11 is 0. The second kappa shape index (κ2) is 7.99. The van der Waals surface area contributed by atoms with E-state index in [1.54, 1.807) is 18.5 Å². The third-order valence-electron chi connectivity index (χ3n) is 4.22. The van der Waals surface area contributed by atoms with E-state index in [4.69, 9.17) is 0 Å². The van der Waals surface area contributed by atoms with Gasteiger partial charge in [-0.3, -0.25) is 9.78 Å². The van der Waals surface area contributed by atoms with Crippen molar-refractivity contribution in [3.63, 3.8) is 0 Å². The molecular formula is C22H24N4O. The van der Waals surface area contributed by atoms with Crippen LogP contribution in [0.2, 0.25) is 0 Å². The van der Waals surface area contributed by atoms with Crippen LogP contribution in [0.15, 0.2) is 67.0 Å². The summed E-state index contributed by atoms with van der Waals surface area (Å²) in [6.45, 7) is 7.06. The standard InChI is InChI=1S/C22H24N4O/c1-22(2,3)17-9-7-16(8-10-17)21(27)26-20-12-11-19(15-25-20)24-14-18-6-4-5-13-23-18/h4-13,15,24H,14H2,1-3H3,(H,25,26,27). The Morgan fingerprint density at radius 3 is 2.33 bits per heavy atom. The van der Waals surface area contributed by atoms with Gasteiger partial charge in [-0.15, -0.1) is 0 Å². The van der Waals surface area contributed by atoms with Gasteiger partial charge in [0.1, 0.15) is 5.82 Å². The fourth-order valence-corrected chi connectivity index (χ4v) is 2.58. The van der Waals surface area contributed by atoms with Crippen molar-refractivity contribution in [1.82, 2.24) is 9.97 Å². The van der Waals surface area contributed by atoms with Gasteiger partial charge >= 0.3 is 0 Å². The van der Waals surface area contributed by atoms with Gasteiger partial charge in [-0.1, -0.05) is 39.0 Å². The first-order chi connectivity index (χ1) is 12.9. The zero-order chi connectivity index (χ0) is 19.3. The van der Waals surface area contributed by atoms with Crippen molar-refractivity contribution in [1.29, 1.82) is 0 Å². The summed E-state index contributed by atoms with van der Waals surface area (Å²) in [7, 11) is 0. The Labute approximate surface area is 159 Å². The van der Waals surface area contributed by atoms with E-state index >= 15 is 0 Å². The number of rotatable bonds is 5. The van der Waals surface area contributed by atoms with Crippen molar-refractivity contribution in [2.45, 2.75) is 32.7 Å². The van der Waals surface area contributed by atoms with Crippen molar-refractivity contribution in [2.75, 3.05) is 10.6 Å². The van der Waals surface area contributed by atoms with E-state index < -0.39 is 0 Å². The molecule has 0 aliphatic carbocycles. The molecule has 0 fully saturated rings. The molecular weight excluding hydrogens is 336 g/mol. The molecule has 0 saturated carbocycles. The van der Waals surface area contributed by atoms with E-state index in [2.05, 4.69) is 41.4 Å². The quantitative estimate of drug-likeness (QED) is 0.696. The first kappa shape index (κ1) is 18.6. The van der Waals surface area contributed by atoms with Crippen LogP contribution in [0.1, 0.15) is 42.4 Å². The maximum atomic E-state index is 12.4. The number of carbonyl (C=O) groups is 1. The second-order valence-electron chi connectivity index (χ2n) is 7.39. The van der Waals surface area contributed by atoms with Crippen LogP contribution < -0.4 is 10.6 Å². The topological polar surface area (TPSA) is 66.9 Å². The zero-order valence-electron chi connectivity index (χ0n) is 15.9. The minimum atomic E-state index is -0.169. The van der Waals surface area contributed by atoms with Gasteiger partial charge in [-0.25, -0.2) is 4.98 Å². The second-order valence-corrected chi connectivity index (χ2v) is 7.39. The summed E-state index contributed by atoms with van der Waals surface area (Å²) in [5.41, 5.74) is 3.69. The highest BCUT2D eigenvalue weighted by molar-refractivity contribution is 6.03. The van der Waals surface area contributed by atoms with E-state index in [1.165, 1.54) is 5.56 Å². The summed E-state index contributed by atoms with van der Waals surface area (Å²) < 4.78 is 0. The number of hydrogen-bond donors (Lipinski definition) is 2. The minimum Gasteiger partial charge on any atom is -0.378 e. The molecule has 5 heteroatoms. The molecule has 0 aliphatic rings. The first-order valence-corrected chi connectivity index (χ1v) is 8.93. The third-order valence-corrected chi connectivity index (χ3v) is 4.22. The van der Waals surface area contributed by atoms with Gasteiger partial charge in [0.25, 0.3) is 5.91 Å². The molecule has 0 saturated heterocycles. The summed E-state index contributed by atoms with van der Waals surface area (Å²) in [6.07, 6.45) is 3.46. The Morgan fingerprint density at radius 1 is 0.963 bits per heavy atom. The smallest absolute Gasteiger partial charge is 0.256 e. The predicted octanol–water partition coefficient (Wildman–Crippen LogP) is 4.64. The predicted molar refractivity (Wildman–Crippen MR) is 109 cm³/mol. The van der Waals surface area contributed by atoms with Gasteiger partial charge in [-0.2, -0.15) is 0 Å². The van der Waals surface area contributed by atoms with Gasteiger partial charge < -0.3 is 10.6 Å². The van der Waals surface area contributed by atoms with Crippen molar-refractivity contribution in [3.8, 4) is 0 Å².